The van der Waals surface area contributed by atoms with Gasteiger partial charge in [-0.25, -0.2) is 20.0 Å². The molecule has 2 aromatic rings. The fourth-order valence-electron chi connectivity index (χ4n) is 3.65. The van der Waals surface area contributed by atoms with Crippen LogP contribution in [0.15, 0.2) is 12.7 Å². The molecule has 0 unspecified atom stereocenters. The van der Waals surface area contributed by atoms with Crippen molar-refractivity contribution >= 4 is 36.4 Å². The topological polar surface area (TPSA) is 170 Å². The Balaban J connectivity index is 1.72. The number of hydrogen-bond acceptors (Lipinski definition) is 11. The summed E-state index contributed by atoms with van der Waals surface area (Å²) in [6, 6.07) is 0. The number of hydrogen-bond donors (Lipinski definition) is 2. The van der Waals surface area contributed by atoms with Gasteiger partial charge in [-0.15, -0.1) is 0 Å². The van der Waals surface area contributed by atoms with Gasteiger partial charge < -0.3 is 29.0 Å². The smallest absolute Gasteiger partial charge is 0.326 e. The molecule has 0 saturated heterocycles. The van der Waals surface area contributed by atoms with E-state index in [1.165, 1.54) is 6.33 Å². The molecular weight excluding hydrogens is 515 g/mol. The molecule has 14 heteroatoms. The number of anilines is 1. The second kappa shape index (κ2) is 11.6. The molecule has 1 saturated carbocycles. The predicted octanol–water partition coefficient (Wildman–Crippen LogP) is 3.03. The highest BCUT2D eigenvalue weighted by Crippen LogP contribution is 2.53. The summed E-state index contributed by atoms with van der Waals surface area (Å²) in [7, 11) is -3.82. The first-order valence-electron chi connectivity index (χ1n) is 12.6. The number of nitrogens with one attached hydrogen (secondary N) is 1. The van der Waals surface area contributed by atoms with E-state index in [0.29, 0.717) is 30.6 Å². The number of carbonyl (C=O) groups excluding carboxylic acids is 2. The van der Waals surface area contributed by atoms with Gasteiger partial charge in [0.2, 0.25) is 0 Å². The Kier molecular flexibility index (Phi) is 9.18. The van der Waals surface area contributed by atoms with Gasteiger partial charge in [-0.2, -0.15) is 0 Å². The first kappa shape index (κ1) is 29.9. The summed E-state index contributed by atoms with van der Waals surface area (Å²) in [6.45, 7) is 12.1. The van der Waals surface area contributed by atoms with Crippen molar-refractivity contribution < 1.29 is 32.9 Å². The van der Waals surface area contributed by atoms with E-state index < -0.39 is 30.5 Å². The van der Waals surface area contributed by atoms with Crippen LogP contribution in [0, 0.1) is 5.41 Å². The predicted molar refractivity (Wildman–Crippen MR) is 140 cm³/mol. The number of nitrogen functional groups attached to an aromatic ring is 1. The van der Waals surface area contributed by atoms with Gasteiger partial charge in [-0.05, 0) is 61.3 Å². The van der Waals surface area contributed by atoms with Crippen molar-refractivity contribution in [1.82, 2.24) is 24.6 Å². The van der Waals surface area contributed by atoms with Gasteiger partial charge in [0.1, 0.15) is 23.7 Å². The highest BCUT2D eigenvalue weighted by molar-refractivity contribution is 7.56. The van der Waals surface area contributed by atoms with Gasteiger partial charge in [-0.3, -0.25) is 14.2 Å². The minimum atomic E-state index is -3.82. The molecule has 212 valence electrons. The van der Waals surface area contributed by atoms with Crippen LogP contribution in [0.4, 0.5) is 5.82 Å². The van der Waals surface area contributed by atoms with Crippen LogP contribution in [-0.4, -0.2) is 68.3 Å². The summed E-state index contributed by atoms with van der Waals surface area (Å²) in [6.07, 6.45) is 2.61. The Morgan fingerprint density at radius 2 is 1.79 bits per heavy atom. The van der Waals surface area contributed by atoms with Gasteiger partial charge in [0, 0.05) is 0 Å². The minimum Gasteiger partial charge on any atom is -0.462 e. The van der Waals surface area contributed by atoms with Crippen LogP contribution in [-0.2, 0) is 39.4 Å². The highest BCUT2D eigenvalue weighted by atomic mass is 31.2. The van der Waals surface area contributed by atoms with E-state index in [2.05, 4.69) is 20.0 Å². The Labute approximate surface area is 222 Å². The van der Waals surface area contributed by atoms with Crippen molar-refractivity contribution in [3.8, 4) is 0 Å². The molecule has 0 amide bonds. The number of rotatable bonds is 14. The quantitative estimate of drug-likeness (QED) is 0.259. The van der Waals surface area contributed by atoms with Crippen molar-refractivity contribution in [1.29, 1.82) is 0 Å². The Bertz CT molecular complexity index is 1190. The molecule has 1 aliphatic rings. The molecule has 2 aromatic heterocycles. The summed E-state index contributed by atoms with van der Waals surface area (Å²) in [5.41, 5.74) is 4.67. The molecule has 13 nitrogen and oxygen atoms in total. The molecule has 2 atom stereocenters. The molecule has 0 aromatic carbocycles. The molecule has 1 aliphatic carbocycles. The monoisotopic (exact) mass is 554 g/mol. The highest BCUT2D eigenvalue weighted by Gasteiger charge is 2.53. The minimum absolute atomic E-state index is 0.127. The molecule has 0 radical (unpaired) electrons. The van der Waals surface area contributed by atoms with Crippen molar-refractivity contribution in [2.45, 2.75) is 91.7 Å². The van der Waals surface area contributed by atoms with E-state index >= 15 is 0 Å². The van der Waals surface area contributed by atoms with Crippen molar-refractivity contribution in [2.24, 2.45) is 5.41 Å². The zero-order valence-corrected chi connectivity index (χ0v) is 24.0. The summed E-state index contributed by atoms with van der Waals surface area (Å²) in [4.78, 5) is 37.7. The van der Waals surface area contributed by atoms with Crippen LogP contribution in [0.25, 0.3) is 11.2 Å². The maximum atomic E-state index is 14.0. The number of carbonyl (C=O) groups is 2. The third-order valence-corrected chi connectivity index (χ3v) is 7.83. The largest absolute Gasteiger partial charge is 0.462 e. The zero-order chi connectivity index (χ0) is 28.3. The first-order valence-corrected chi connectivity index (χ1v) is 14.5. The molecular formula is C24H39N6O7P. The van der Waals surface area contributed by atoms with Crippen LogP contribution in [0.1, 0.15) is 61.3 Å². The second-order valence-corrected chi connectivity index (χ2v) is 12.9. The van der Waals surface area contributed by atoms with Crippen LogP contribution in [0.3, 0.4) is 0 Å². The lowest BCUT2D eigenvalue weighted by molar-refractivity contribution is -0.156. The molecule has 0 bridgehead atoms. The third-order valence-electron chi connectivity index (χ3n) is 5.89. The van der Waals surface area contributed by atoms with Gasteiger partial charge in [-0.1, -0.05) is 0 Å². The summed E-state index contributed by atoms with van der Waals surface area (Å²) < 4.78 is 38.3. The van der Waals surface area contributed by atoms with E-state index in [-0.39, 0.29) is 36.9 Å². The number of esters is 2. The van der Waals surface area contributed by atoms with E-state index in [1.54, 1.807) is 59.4 Å². The van der Waals surface area contributed by atoms with Crippen LogP contribution in [0.5, 0.6) is 0 Å². The third kappa shape index (κ3) is 7.49. The molecule has 2 heterocycles. The fraction of sp³-hybridized carbons (Fsp3) is 0.708. The fourth-order valence-corrected chi connectivity index (χ4v) is 5.70. The molecule has 38 heavy (non-hydrogen) atoms. The van der Waals surface area contributed by atoms with E-state index in [9.17, 15) is 14.2 Å². The van der Waals surface area contributed by atoms with Crippen molar-refractivity contribution in [3.63, 3.8) is 0 Å². The number of fused-ring (bicyclic) bond motifs is 1. The first-order chi connectivity index (χ1) is 17.7. The molecule has 0 spiro atoms. The lowest BCUT2D eigenvalue weighted by Gasteiger charge is -2.31. The van der Waals surface area contributed by atoms with Crippen LogP contribution in [0.2, 0.25) is 0 Å². The maximum Gasteiger partial charge on any atom is 0.326 e. The zero-order valence-electron chi connectivity index (χ0n) is 23.1. The number of aromatic nitrogens is 4. The average molecular weight is 555 g/mol. The van der Waals surface area contributed by atoms with E-state index in [4.69, 9.17) is 24.5 Å². The Morgan fingerprint density at radius 3 is 2.39 bits per heavy atom. The van der Waals surface area contributed by atoms with Gasteiger partial charge >= 0.3 is 11.9 Å². The lowest BCUT2D eigenvalue weighted by atomic mass is 10.1. The SMILES string of the molecule is CC(C)OC(=O)C1(CO[P@](=O)(CO[C@H](C)Cn2cnc3c(N)ncnc32)NC(C)(C)C(=O)OC(C)C)CC1. The van der Waals surface area contributed by atoms with Gasteiger partial charge in [0.05, 0.1) is 43.2 Å². The van der Waals surface area contributed by atoms with Crippen LogP contribution < -0.4 is 10.8 Å². The standard InChI is InChI=1S/C24H39N6O7P/c1-15(2)36-21(31)23(6,7)29-38(33,35-11-24(8-9-24)22(32)37-16(3)4)14-34-17(5)10-30-13-28-18-19(25)26-12-27-20(18)30/h12-13,15-17H,8-11,14H2,1-7H3,(H,29,33)(H2,25,26,27)/t17-,38-/m1/s1. The summed E-state index contributed by atoms with van der Waals surface area (Å²) in [5.74, 6) is -0.711. The number of ether oxygens (including phenoxy) is 3. The Hall–Kier alpha value is -2.60. The number of imidazole rings is 1. The van der Waals surface area contributed by atoms with Crippen molar-refractivity contribution in [2.75, 3.05) is 18.7 Å². The molecule has 1 fully saturated rings. The van der Waals surface area contributed by atoms with Crippen molar-refractivity contribution in [3.05, 3.63) is 12.7 Å². The van der Waals surface area contributed by atoms with Gasteiger partial charge in [0.25, 0.3) is 7.52 Å². The second-order valence-electron chi connectivity index (χ2n) is 10.8. The Morgan fingerprint density at radius 1 is 1.13 bits per heavy atom. The normalized spacial score (nSPS) is 17.4. The number of nitrogens with two attached hydrogens (primary N) is 1. The molecule has 3 N–H and O–H groups in total. The van der Waals surface area contributed by atoms with Gasteiger partial charge in [0.15, 0.2) is 11.5 Å². The lowest BCUT2D eigenvalue weighted by Crippen LogP contribution is -2.47. The summed E-state index contributed by atoms with van der Waals surface area (Å²) in [5, 5.41) is 2.83. The number of nitrogens with zero attached hydrogens (tertiary/aromatic N) is 4. The molecule has 0 aliphatic heterocycles. The average Bonchev–Trinajstić information content (AvgIpc) is 3.50. The van der Waals surface area contributed by atoms with Crippen LogP contribution >= 0.6 is 7.52 Å². The van der Waals surface area contributed by atoms with E-state index in [0.717, 1.165) is 0 Å². The molecule has 3 rings (SSSR count). The maximum absolute atomic E-state index is 14.0. The van der Waals surface area contributed by atoms with E-state index in [1.807, 2.05) is 0 Å². The summed E-state index contributed by atoms with van der Waals surface area (Å²) >= 11 is 0.